The third-order valence-corrected chi connectivity index (χ3v) is 6.70. The number of amides is 1. The van der Waals surface area contributed by atoms with Crippen LogP contribution in [-0.2, 0) is 20.9 Å². The van der Waals surface area contributed by atoms with E-state index < -0.39 is 29.5 Å². The number of fused-ring (bicyclic) bond motifs is 1. The van der Waals surface area contributed by atoms with Crippen LogP contribution < -0.4 is 5.32 Å². The number of hydrogen-bond donors (Lipinski definition) is 2. The molecule has 0 bridgehead atoms. The molecule has 0 spiro atoms. The first-order valence-corrected chi connectivity index (χ1v) is 10.4. The zero-order valence-corrected chi connectivity index (χ0v) is 17.4. The van der Waals surface area contributed by atoms with Crippen LogP contribution in [0.4, 0.5) is 22.0 Å². The third kappa shape index (κ3) is 5.32. The number of rotatable bonds is 4. The molecule has 1 amide bonds. The van der Waals surface area contributed by atoms with Crippen molar-refractivity contribution in [2.75, 3.05) is 26.3 Å². The second-order valence-corrected chi connectivity index (χ2v) is 9.08. The summed E-state index contributed by atoms with van der Waals surface area (Å²) in [5.74, 6) is -5.36. The van der Waals surface area contributed by atoms with Gasteiger partial charge in [-0.1, -0.05) is 0 Å². The molecule has 7 nitrogen and oxygen atoms in total. The highest BCUT2D eigenvalue weighted by Gasteiger charge is 2.57. The number of ether oxygens (including phenoxy) is 1. The van der Waals surface area contributed by atoms with Crippen LogP contribution in [0, 0.1) is 18.3 Å². The molecule has 0 radical (unpaired) electrons. The molecule has 3 fully saturated rings. The van der Waals surface area contributed by atoms with Gasteiger partial charge in [-0.2, -0.15) is 13.2 Å². The van der Waals surface area contributed by atoms with E-state index in [9.17, 15) is 26.7 Å². The molecule has 0 aromatic carbocycles. The number of carbonyl (C=O) groups is 2. The van der Waals surface area contributed by atoms with E-state index in [2.05, 4.69) is 15.2 Å². The summed E-state index contributed by atoms with van der Waals surface area (Å²) >= 11 is 1.63. The van der Waals surface area contributed by atoms with Crippen molar-refractivity contribution in [3.8, 4) is 0 Å². The van der Waals surface area contributed by atoms with Crippen molar-refractivity contribution >= 4 is 23.2 Å². The molecule has 1 saturated carbocycles. The van der Waals surface area contributed by atoms with Crippen LogP contribution in [0.3, 0.4) is 0 Å². The smallest absolute Gasteiger partial charge is 0.475 e. The highest BCUT2D eigenvalue weighted by Crippen LogP contribution is 2.44. The summed E-state index contributed by atoms with van der Waals surface area (Å²) in [5.41, 5.74) is 2.27. The average molecular weight is 471 g/mol. The first kappa shape index (κ1) is 23.8. The summed E-state index contributed by atoms with van der Waals surface area (Å²) in [7, 11) is 0. The van der Waals surface area contributed by atoms with Crippen molar-refractivity contribution in [1.82, 2.24) is 15.2 Å². The van der Waals surface area contributed by atoms with Gasteiger partial charge in [-0.05, 0) is 6.92 Å². The van der Waals surface area contributed by atoms with Gasteiger partial charge < -0.3 is 15.2 Å². The highest BCUT2D eigenvalue weighted by molar-refractivity contribution is 7.09. The standard InChI is InChI=1S/C16H21F2N3O2S.C2HF3O2/c1-10-13(24-9-19-10)5-21-4-11-6-23-8-15(11,7-21)14(22)20-12-2-16(17,18)3-12;3-2(4,5)1(6)7/h9,11-12H,2-8H2,1H3,(H,20,22);(H,6,7)/t11-,15-;/m1./s1. The Morgan fingerprint density at radius 2 is 2.03 bits per heavy atom. The molecule has 2 atom stereocenters. The summed E-state index contributed by atoms with van der Waals surface area (Å²) in [6, 6.07) is -0.402. The minimum absolute atomic E-state index is 0.117. The molecule has 2 saturated heterocycles. The van der Waals surface area contributed by atoms with Gasteiger partial charge >= 0.3 is 12.1 Å². The van der Waals surface area contributed by atoms with Gasteiger partial charge in [0.1, 0.15) is 0 Å². The minimum Gasteiger partial charge on any atom is -0.475 e. The van der Waals surface area contributed by atoms with Crippen LogP contribution >= 0.6 is 11.3 Å². The molecule has 1 aliphatic carbocycles. The monoisotopic (exact) mass is 471 g/mol. The first-order valence-electron chi connectivity index (χ1n) is 9.50. The number of nitrogens with one attached hydrogen (secondary N) is 1. The molecule has 2 N–H and O–H groups in total. The molecule has 13 heteroatoms. The van der Waals surface area contributed by atoms with Crippen LogP contribution in [0.2, 0.25) is 0 Å². The fourth-order valence-electron chi connectivity index (χ4n) is 4.05. The Bertz CT molecular complexity index is 825. The second-order valence-electron chi connectivity index (χ2n) is 8.14. The SMILES string of the molecule is Cc1ncsc1CN1C[C@@H]2COC[C@]2(C(=O)NC2CC(F)(F)C2)C1.O=C(O)C(F)(F)F. The number of likely N-dealkylation sites (tertiary alicyclic amines) is 1. The average Bonchev–Trinajstić information content (AvgIpc) is 3.28. The largest absolute Gasteiger partial charge is 0.490 e. The Labute approximate surface area is 178 Å². The number of carbonyl (C=O) groups excluding carboxylic acids is 1. The van der Waals surface area contributed by atoms with Gasteiger partial charge in [0.15, 0.2) is 0 Å². The zero-order valence-electron chi connectivity index (χ0n) is 16.5. The molecule has 0 unspecified atom stereocenters. The lowest BCUT2D eigenvalue weighted by Gasteiger charge is -2.37. The van der Waals surface area contributed by atoms with Crippen molar-refractivity contribution in [3.63, 3.8) is 0 Å². The lowest BCUT2D eigenvalue weighted by molar-refractivity contribution is -0.192. The van der Waals surface area contributed by atoms with Gasteiger partial charge in [-0.3, -0.25) is 9.69 Å². The van der Waals surface area contributed by atoms with Gasteiger partial charge in [0.05, 0.1) is 29.8 Å². The van der Waals surface area contributed by atoms with Crippen LogP contribution in [0.15, 0.2) is 5.51 Å². The molecular formula is C18H22F5N3O4S. The normalized spacial score (nSPS) is 27.7. The minimum atomic E-state index is -5.08. The molecule has 3 heterocycles. The Kier molecular flexibility index (Phi) is 6.59. The lowest BCUT2D eigenvalue weighted by atomic mass is 9.79. The van der Waals surface area contributed by atoms with Crippen molar-refractivity contribution in [2.45, 2.75) is 44.5 Å². The number of alkyl halides is 5. The van der Waals surface area contributed by atoms with Gasteiger partial charge in [0, 0.05) is 49.3 Å². The van der Waals surface area contributed by atoms with Crippen LogP contribution in [-0.4, -0.2) is 71.3 Å². The number of nitrogens with zero attached hydrogens (tertiary/aromatic N) is 2. The number of halogens is 5. The first-order chi connectivity index (χ1) is 14.3. The number of carboxylic acid groups (broad SMARTS) is 1. The van der Waals surface area contributed by atoms with Crippen molar-refractivity contribution in [1.29, 1.82) is 0 Å². The fraction of sp³-hybridized carbons (Fsp3) is 0.722. The molecule has 2 aliphatic heterocycles. The van der Waals surface area contributed by atoms with E-state index in [0.717, 1.165) is 18.8 Å². The van der Waals surface area contributed by atoms with E-state index in [-0.39, 0.29) is 24.7 Å². The van der Waals surface area contributed by atoms with E-state index >= 15 is 0 Å². The lowest BCUT2D eigenvalue weighted by Crippen LogP contribution is -2.56. The predicted octanol–water partition coefficient (Wildman–Crippen LogP) is 2.45. The maximum absolute atomic E-state index is 13.0. The van der Waals surface area contributed by atoms with E-state index in [4.69, 9.17) is 14.6 Å². The van der Waals surface area contributed by atoms with Crippen LogP contribution in [0.5, 0.6) is 0 Å². The summed E-state index contributed by atoms with van der Waals surface area (Å²) in [6.07, 6.45) is -5.58. The molecular weight excluding hydrogens is 449 g/mol. The molecule has 1 aromatic rings. The fourth-order valence-corrected chi connectivity index (χ4v) is 4.87. The van der Waals surface area contributed by atoms with Gasteiger partial charge in [0.2, 0.25) is 5.91 Å². The highest BCUT2D eigenvalue weighted by atomic mass is 32.1. The molecule has 3 aliphatic rings. The Hall–Kier alpha value is -1.86. The number of hydrogen-bond acceptors (Lipinski definition) is 6. The second kappa shape index (κ2) is 8.58. The zero-order chi connectivity index (χ0) is 23.0. The topological polar surface area (TPSA) is 91.8 Å². The Morgan fingerprint density at radius 3 is 2.55 bits per heavy atom. The summed E-state index contributed by atoms with van der Waals surface area (Å²) in [5, 5.41) is 9.96. The van der Waals surface area contributed by atoms with E-state index in [1.807, 2.05) is 12.4 Å². The van der Waals surface area contributed by atoms with Gasteiger partial charge in [0.25, 0.3) is 5.92 Å². The number of aryl methyl sites for hydroxylation is 1. The van der Waals surface area contributed by atoms with Gasteiger partial charge in [-0.15, -0.1) is 11.3 Å². The summed E-state index contributed by atoms with van der Waals surface area (Å²) < 4.78 is 63.3. The number of thiazole rings is 1. The summed E-state index contributed by atoms with van der Waals surface area (Å²) in [4.78, 5) is 29.5. The Morgan fingerprint density at radius 1 is 1.39 bits per heavy atom. The molecule has 31 heavy (non-hydrogen) atoms. The summed E-state index contributed by atoms with van der Waals surface area (Å²) in [6.45, 7) is 5.13. The van der Waals surface area contributed by atoms with Gasteiger partial charge in [-0.25, -0.2) is 18.6 Å². The predicted molar refractivity (Wildman–Crippen MR) is 98.7 cm³/mol. The number of carboxylic acids is 1. The van der Waals surface area contributed by atoms with Crippen LogP contribution in [0.1, 0.15) is 23.4 Å². The van der Waals surface area contributed by atoms with E-state index in [0.29, 0.717) is 19.8 Å². The quantitative estimate of drug-likeness (QED) is 0.656. The van der Waals surface area contributed by atoms with Crippen LogP contribution in [0.25, 0.3) is 0 Å². The third-order valence-electron chi connectivity index (χ3n) is 5.78. The van der Waals surface area contributed by atoms with E-state index in [1.54, 1.807) is 11.3 Å². The number of aromatic nitrogens is 1. The molecule has 1 aromatic heterocycles. The molecule has 4 rings (SSSR count). The Balaban J connectivity index is 0.000000339. The maximum atomic E-state index is 13.0. The van der Waals surface area contributed by atoms with Crippen molar-refractivity contribution < 1.29 is 41.4 Å². The molecule has 174 valence electrons. The van der Waals surface area contributed by atoms with Crippen molar-refractivity contribution in [2.24, 2.45) is 11.3 Å². The van der Waals surface area contributed by atoms with E-state index in [1.165, 1.54) is 4.88 Å². The maximum Gasteiger partial charge on any atom is 0.490 e. The van der Waals surface area contributed by atoms with Crippen molar-refractivity contribution in [3.05, 3.63) is 16.1 Å². The number of aliphatic carboxylic acids is 1.